The standard InChI is InChI=1S/C11H7BrFN3O4S/c12-8-2-1-5-14-11(8)15-21(19,20)10-6-7(16(17)18)3-4-9(10)13/h1-6H,(H,14,15). The highest BCUT2D eigenvalue weighted by atomic mass is 79.9. The van der Waals surface area contributed by atoms with Gasteiger partial charge in [0.25, 0.3) is 15.7 Å². The Morgan fingerprint density at radius 1 is 1.33 bits per heavy atom. The van der Waals surface area contributed by atoms with Crippen LogP contribution in [0.2, 0.25) is 0 Å². The largest absolute Gasteiger partial charge is 0.271 e. The monoisotopic (exact) mass is 375 g/mol. The van der Waals surface area contributed by atoms with Crippen LogP contribution in [0, 0.1) is 15.9 Å². The van der Waals surface area contributed by atoms with Gasteiger partial charge in [0.05, 0.1) is 9.40 Å². The number of non-ortho nitro benzene ring substituents is 1. The molecule has 0 atom stereocenters. The number of halogens is 2. The maximum absolute atomic E-state index is 13.7. The molecular formula is C11H7BrFN3O4S. The molecule has 0 unspecified atom stereocenters. The molecule has 0 fully saturated rings. The molecule has 2 aromatic rings. The molecule has 2 rings (SSSR count). The lowest BCUT2D eigenvalue weighted by Gasteiger charge is -2.09. The first-order valence-electron chi connectivity index (χ1n) is 5.38. The summed E-state index contributed by atoms with van der Waals surface area (Å²) in [6, 6.07) is 5.35. The van der Waals surface area contributed by atoms with Crippen LogP contribution in [0.15, 0.2) is 45.9 Å². The maximum atomic E-state index is 13.7. The number of nitro benzene ring substituents is 1. The third kappa shape index (κ3) is 3.34. The zero-order chi connectivity index (χ0) is 15.6. The van der Waals surface area contributed by atoms with Gasteiger partial charge in [0, 0.05) is 18.3 Å². The van der Waals surface area contributed by atoms with Crippen molar-refractivity contribution in [2.24, 2.45) is 0 Å². The summed E-state index contributed by atoms with van der Waals surface area (Å²) in [5, 5.41) is 10.7. The summed E-state index contributed by atoms with van der Waals surface area (Å²) in [4.78, 5) is 12.8. The highest BCUT2D eigenvalue weighted by molar-refractivity contribution is 9.10. The minimum atomic E-state index is -4.34. The Kier molecular flexibility index (Phi) is 4.19. The van der Waals surface area contributed by atoms with Gasteiger partial charge in [0.2, 0.25) is 0 Å². The molecule has 0 aliphatic carbocycles. The summed E-state index contributed by atoms with van der Waals surface area (Å²) in [5.41, 5.74) is -0.531. The minimum absolute atomic E-state index is 0.0524. The summed E-state index contributed by atoms with van der Waals surface area (Å²) in [6.45, 7) is 0. The van der Waals surface area contributed by atoms with Crippen LogP contribution in [0.4, 0.5) is 15.9 Å². The molecule has 0 aliphatic heterocycles. The number of hydrogen-bond acceptors (Lipinski definition) is 5. The van der Waals surface area contributed by atoms with E-state index in [1.54, 1.807) is 6.07 Å². The topological polar surface area (TPSA) is 102 Å². The average Bonchev–Trinajstić information content (AvgIpc) is 2.41. The van der Waals surface area contributed by atoms with Gasteiger partial charge < -0.3 is 0 Å². The fourth-order valence-electron chi connectivity index (χ4n) is 1.45. The summed E-state index contributed by atoms with van der Waals surface area (Å²) >= 11 is 3.09. The van der Waals surface area contributed by atoms with Crippen LogP contribution in [0.1, 0.15) is 0 Å². The molecule has 1 aromatic carbocycles. The van der Waals surface area contributed by atoms with E-state index in [0.717, 1.165) is 12.1 Å². The summed E-state index contributed by atoms with van der Waals surface area (Å²) in [6.07, 6.45) is 1.34. The number of hydrogen-bond donors (Lipinski definition) is 1. The van der Waals surface area contributed by atoms with E-state index < -0.39 is 31.3 Å². The van der Waals surface area contributed by atoms with Gasteiger partial charge in [-0.2, -0.15) is 0 Å². The Hall–Kier alpha value is -2.07. The van der Waals surface area contributed by atoms with E-state index in [2.05, 4.69) is 25.6 Å². The molecule has 0 spiro atoms. The predicted octanol–water partition coefficient (Wildman–Crippen LogP) is 2.69. The molecule has 0 saturated heterocycles. The Balaban J connectivity index is 2.47. The van der Waals surface area contributed by atoms with Crippen molar-refractivity contribution in [3.63, 3.8) is 0 Å². The van der Waals surface area contributed by atoms with Gasteiger partial charge in [-0.25, -0.2) is 17.8 Å². The molecule has 1 aromatic heterocycles. The first-order valence-corrected chi connectivity index (χ1v) is 7.66. The smallest absolute Gasteiger partial charge is 0.262 e. The lowest BCUT2D eigenvalue weighted by molar-refractivity contribution is -0.385. The molecule has 7 nitrogen and oxygen atoms in total. The van der Waals surface area contributed by atoms with Gasteiger partial charge in [-0.3, -0.25) is 14.8 Å². The number of aromatic nitrogens is 1. The third-order valence-corrected chi connectivity index (χ3v) is 4.40. The Bertz CT molecular complexity index is 813. The molecule has 21 heavy (non-hydrogen) atoms. The van der Waals surface area contributed by atoms with Gasteiger partial charge in [-0.1, -0.05) is 0 Å². The van der Waals surface area contributed by atoms with Crippen LogP contribution in [-0.4, -0.2) is 18.3 Å². The zero-order valence-electron chi connectivity index (χ0n) is 10.2. The molecule has 0 bridgehead atoms. The molecule has 1 N–H and O–H groups in total. The minimum Gasteiger partial charge on any atom is -0.262 e. The first-order chi connectivity index (χ1) is 9.81. The summed E-state index contributed by atoms with van der Waals surface area (Å²) in [7, 11) is -4.34. The second-order valence-electron chi connectivity index (χ2n) is 3.81. The first kappa shape index (κ1) is 15.3. The van der Waals surface area contributed by atoms with Crippen LogP contribution < -0.4 is 4.72 Å². The number of nitrogens with one attached hydrogen (secondary N) is 1. The van der Waals surface area contributed by atoms with E-state index in [1.165, 1.54) is 12.3 Å². The van der Waals surface area contributed by atoms with Gasteiger partial charge in [0.15, 0.2) is 5.82 Å². The second-order valence-corrected chi connectivity index (χ2v) is 6.32. The van der Waals surface area contributed by atoms with Crippen molar-refractivity contribution in [3.05, 3.63) is 56.9 Å². The van der Waals surface area contributed by atoms with E-state index >= 15 is 0 Å². The molecule has 110 valence electrons. The van der Waals surface area contributed by atoms with Crippen molar-refractivity contribution in [2.75, 3.05) is 4.72 Å². The van der Waals surface area contributed by atoms with Crippen LogP contribution >= 0.6 is 15.9 Å². The van der Waals surface area contributed by atoms with Crippen molar-refractivity contribution in [1.29, 1.82) is 0 Å². The molecule has 0 radical (unpaired) electrons. The Labute approximate surface area is 127 Å². The summed E-state index contributed by atoms with van der Waals surface area (Å²) < 4.78 is 40.3. The van der Waals surface area contributed by atoms with Crippen LogP contribution in [0.25, 0.3) is 0 Å². The quantitative estimate of drug-likeness (QED) is 0.653. The van der Waals surface area contributed by atoms with Crippen LogP contribution in [0.3, 0.4) is 0 Å². The highest BCUT2D eigenvalue weighted by Gasteiger charge is 2.23. The number of nitrogens with zero attached hydrogens (tertiary/aromatic N) is 2. The predicted molar refractivity (Wildman–Crippen MR) is 75.8 cm³/mol. The molecule has 0 saturated carbocycles. The van der Waals surface area contributed by atoms with E-state index in [9.17, 15) is 22.9 Å². The maximum Gasteiger partial charge on any atom is 0.271 e. The lowest BCUT2D eigenvalue weighted by atomic mass is 10.3. The van der Waals surface area contributed by atoms with Crippen LogP contribution in [-0.2, 0) is 10.0 Å². The number of nitro groups is 1. The van der Waals surface area contributed by atoms with Crippen molar-refractivity contribution in [3.8, 4) is 0 Å². The van der Waals surface area contributed by atoms with Gasteiger partial charge >= 0.3 is 0 Å². The van der Waals surface area contributed by atoms with E-state index in [4.69, 9.17) is 0 Å². The van der Waals surface area contributed by atoms with E-state index in [1.807, 2.05) is 0 Å². The second kappa shape index (κ2) is 5.74. The van der Waals surface area contributed by atoms with Crippen LogP contribution in [0.5, 0.6) is 0 Å². The number of pyridine rings is 1. The normalized spacial score (nSPS) is 11.1. The van der Waals surface area contributed by atoms with Crippen molar-refractivity contribution >= 4 is 37.5 Å². The van der Waals surface area contributed by atoms with Crippen molar-refractivity contribution < 1.29 is 17.7 Å². The molecule has 10 heteroatoms. The molecule has 1 heterocycles. The molecule has 0 aliphatic rings. The average molecular weight is 376 g/mol. The van der Waals surface area contributed by atoms with Crippen molar-refractivity contribution in [1.82, 2.24) is 4.98 Å². The fraction of sp³-hybridized carbons (Fsp3) is 0. The number of anilines is 1. The van der Waals surface area contributed by atoms with Crippen molar-refractivity contribution in [2.45, 2.75) is 4.90 Å². The number of sulfonamides is 1. The van der Waals surface area contributed by atoms with Gasteiger partial charge in [-0.15, -0.1) is 0 Å². The highest BCUT2D eigenvalue weighted by Crippen LogP contribution is 2.25. The van der Waals surface area contributed by atoms with Gasteiger partial charge in [0.1, 0.15) is 10.7 Å². The van der Waals surface area contributed by atoms with Gasteiger partial charge in [-0.05, 0) is 34.1 Å². The molecule has 0 amide bonds. The fourth-order valence-corrected chi connectivity index (χ4v) is 3.07. The van der Waals surface area contributed by atoms with E-state index in [-0.39, 0.29) is 5.82 Å². The zero-order valence-corrected chi connectivity index (χ0v) is 12.6. The lowest BCUT2D eigenvalue weighted by Crippen LogP contribution is -2.16. The Morgan fingerprint density at radius 2 is 2.05 bits per heavy atom. The summed E-state index contributed by atoms with van der Waals surface area (Å²) in [5.74, 6) is -1.15. The third-order valence-electron chi connectivity index (χ3n) is 2.40. The number of rotatable bonds is 4. The number of benzene rings is 1. The van der Waals surface area contributed by atoms with E-state index in [0.29, 0.717) is 10.5 Å². The SMILES string of the molecule is O=[N+]([O-])c1ccc(F)c(S(=O)(=O)Nc2ncccc2Br)c1. The Morgan fingerprint density at radius 3 is 2.67 bits per heavy atom. The molecular weight excluding hydrogens is 369 g/mol.